The van der Waals surface area contributed by atoms with Gasteiger partial charge < -0.3 is 10.4 Å². The van der Waals surface area contributed by atoms with Gasteiger partial charge in [0.25, 0.3) is 0 Å². The van der Waals surface area contributed by atoms with Gasteiger partial charge >= 0.3 is 0 Å². The second kappa shape index (κ2) is 4.47. The first-order chi connectivity index (χ1) is 7.18. The maximum absolute atomic E-state index is 13.2. The molecule has 82 valence electrons. The third-order valence-corrected chi connectivity index (χ3v) is 3.07. The van der Waals surface area contributed by atoms with Gasteiger partial charge in [-0.05, 0) is 37.1 Å². The molecule has 0 saturated carbocycles. The van der Waals surface area contributed by atoms with E-state index in [1.54, 1.807) is 6.07 Å². The average molecular weight is 230 g/mol. The van der Waals surface area contributed by atoms with Gasteiger partial charge in [-0.3, -0.25) is 0 Å². The summed E-state index contributed by atoms with van der Waals surface area (Å²) < 4.78 is 13.2. The van der Waals surface area contributed by atoms with E-state index in [-0.39, 0.29) is 11.1 Å². The molecule has 0 spiro atoms. The highest BCUT2D eigenvalue weighted by Gasteiger charge is 2.24. The van der Waals surface area contributed by atoms with Crippen molar-refractivity contribution in [1.82, 2.24) is 5.32 Å². The number of aliphatic hydroxyl groups excluding tert-OH is 1. The predicted molar refractivity (Wildman–Crippen MR) is 57.4 cm³/mol. The van der Waals surface area contributed by atoms with Gasteiger partial charge in [0.1, 0.15) is 5.82 Å². The van der Waals surface area contributed by atoms with E-state index in [0.717, 1.165) is 19.4 Å². The Morgan fingerprint density at radius 1 is 1.53 bits per heavy atom. The maximum Gasteiger partial charge on any atom is 0.142 e. The monoisotopic (exact) mass is 229 g/mol. The lowest BCUT2D eigenvalue weighted by atomic mass is 10.0. The van der Waals surface area contributed by atoms with Crippen molar-refractivity contribution < 1.29 is 9.50 Å². The molecule has 1 aliphatic rings. The van der Waals surface area contributed by atoms with Crippen molar-refractivity contribution in [3.05, 3.63) is 34.6 Å². The fraction of sp³-hybridized carbons (Fsp3) is 0.455. The first-order valence-electron chi connectivity index (χ1n) is 5.05. The predicted octanol–water partition coefficient (Wildman–Crippen LogP) is 2.26. The summed E-state index contributed by atoms with van der Waals surface area (Å²) in [6.07, 6.45) is 1.32. The van der Waals surface area contributed by atoms with Crippen molar-refractivity contribution >= 4 is 11.6 Å². The summed E-state index contributed by atoms with van der Waals surface area (Å²) >= 11 is 5.57. The number of halogens is 2. The molecule has 2 nitrogen and oxygen atoms in total. The Labute approximate surface area is 93.1 Å². The van der Waals surface area contributed by atoms with Gasteiger partial charge in [-0.25, -0.2) is 4.39 Å². The minimum atomic E-state index is -0.653. The van der Waals surface area contributed by atoms with Crippen LogP contribution in [0.3, 0.4) is 0 Å². The maximum atomic E-state index is 13.2. The summed E-state index contributed by atoms with van der Waals surface area (Å²) in [7, 11) is 0. The Balaban J connectivity index is 2.17. The van der Waals surface area contributed by atoms with Crippen molar-refractivity contribution in [2.24, 2.45) is 0 Å². The van der Waals surface area contributed by atoms with Gasteiger partial charge in [-0.2, -0.15) is 0 Å². The fourth-order valence-corrected chi connectivity index (χ4v) is 2.03. The molecule has 0 aromatic heterocycles. The highest BCUT2D eigenvalue weighted by Crippen LogP contribution is 2.25. The normalized spacial score (nSPS) is 23.0. The van der Waals surface area contributed by atoms with Crippen LogP contribution in [0.2, 0.25) is 5.02 Å². The molecule has 0 bridgehead atoms. The van der Waals surface area contributed by atoms with Crippen molar-refractivity contribution in [2.45, 2.75) is 25.0 Å². The zero-order chi connectivity index (χ0) is 10.8. The Hall–Kier alpha value is -0.640. The number of aliphatic hydroxyl groups is 1. The van der Waals surface area contributed by atoms with Gasteiger partial charge in [0.05, 0.1) is 11.1 Å². The molecule has 1 fully saturated rings. The van der Waals surface area contributed by atoms with Crippen molar-refractivity contribution in [3.8, 4) is 0 Å². The van der Waals surface area contributed by atoms with E-state index >= 15 is 0 Å². The molecule has 1 aromatic rings. The summed E-state index contributed by atoms with van der Waals surface area (Å²) in [5.74, 6) is -0.480. The molecule has 0 radical (unpaired) electrons. The summed E-state index contributed by atoms with van der Waals surface area (Å²) in [5.41, 5.74) is 0.580. The quantitative estimate of drug-likeness (QED) is 0.816. The van der Waals surface area contributed by atoms with Crippen LogP contribution in [0, 0.1) is 5.82 Å². The SMILES string of the molecule is OC(c1ccc(Cl)c(F)c1)C1CCCN1. The fourth-order valence-electron chi connectivity index (χ4n) is 1.91. The molecule has 2 atom stereocenters. The van der Waals surface area contributed by atoms with E-state index in [2.05, 4.69) is 5.32 Å². The van der Waals surface area contributed by atoms with Crippen LogP contribution in [0.5, 0.6) is 0 Å². The van der Waals surface area contributed by atoms with Crippen LogP contribution in [0.25, 0.3) is 0 Å². The van der Waals surface area contributed by atoms with E-state index in [1.807, 2.05) is 0 Å². The van der Waals surface area contributed by atoms with Crippen molar-refractivity contribution in [1.29, 1.82) is 0 Å². The average Bonchev–Trinajstić information content (AvgIpc) is 2.74. The molecule has 2 N–H and O–H groups in total. The lowest BCUT2D eigenvalue weighted by Crippen LogP contribution is -2.28. The summed E-state index contributed by atoms with van der Waals surface area (Å²) in [4.78, 5) is 0. The van der Waals surface area contributed by atoms with E-state index in [9.17, 15) is 9.50 Å². The van der Waals surface area contributed by atoms with Gasteiger partial charge in [0, 0.05) is 6.04 Å². The van der Waals surface area contributed by atoms with Crippen LogP contribution >= 0.6 is 11.6 Å². The number of benzene rings is 1. The zero-order valence-electron chi connectivity index (χ0n) is 8.21. The minimum Gasteiger partial charge on any atom is -0.387 e. The molecule has 1 aliphatic heterocycles. The number of nitrogens with one attached hydrogen (secondary N) is 1. The van der Waals surface area contributed by atoms with Crippen LogP contribution in [0.15, 0.2) is 18.2 Å². The lowest BCUT2D eigenvalue weighted by molar-refractivity contribution is 0.137. The van der Waals surface area contributed by atoms with Gasteiger partial charge in [0.15, 0.2) is 0 Å². The zero-order valence-corrected chi connectivity index (χ0v) is 8.97. The van der Waals surface area contributed by atoms with Crippen LogP contribution in [0.4, 0.5) is 4.39 Å². The second-order valence-corrected chi connectivity index (χ2v) is 4.23. The highest BCUT2D eigenvalue weighted by molar-refractivity contribution is 6.30. The molecular formula is C11H13ClFNO. The molecule has 15 heavy (non-hydrogen) atoms. The lowest BCUT2D eigenvalue weighted by Gasteiger charge is -2.18. The first-order valence-corrected chi connectivity index (χ1v) is 5.42. The smallest absolute Gasteiger partial charge is 0.142 e. The summed E-state index contributed by atoms with van der Waals surface area (Å²) in [5, 5.41) is 13.2. The molecule has 0 amide bonds. The molecule has 1 aromatic carbocycles. The molecule has 2 unspecified atom stereocenters. The van der Waals surface area contributed by atoms with Gasteiger partial charge in [0.2, 0.25) is 0 Å². The minimum absolute atomic E-state index is 0.0329. The number of hydrogen-bond acceptors (Lipinski definition) is 2. The number of rotatable bonds is 2. The van der Waals surface area contributed by atoms with E-state index in [1.165, 1.54) is 12.1 Å². The molecule has 2 rings (SSSR count). The highest BCUT2D eigenvalue weighted by atomic mass is 35.5. The van der Waals surface area contributed by atoms with Crippen LogP contribution < -0.4 is 5.32 Å². The Morgan fingerprint density at radius 3 is 2.93 bits per heavy atom. The standard InChI is InChI=1S/C11H13ClFNO/c12-8-4-3-7(6-9(8)13)11(15)10-2-1-5-14-10/h3-4,6,10-11,14-15H,1-2,5H2. The van der Waals surface area contributed by atoms with E-state index in [0.29, 0.717) is 5.56 Å². The Kier molecular flexibility index (Phi) is 3.24. The molecule has 0 aliphatic carbocycles. The Bertz CT molecular complexity index is 352. The van der Waals surface area contributed by atoms with Gasteiger partial charge in [-0.15, -0.1) is 0 Å². The molecule has 1 heterocycles. The molecular weight excluding hydrogens is 217 g/mol. The van der Waals surface area contributed by atoms with Crippen LogP contribution in [-0.4, -0.2) is 17.7 Å². The van der Waals surface area contributed by atoms with Crippen LogP contribution in [-0.2, 0) is 0 Å². The first kappa shape index (κ1) is 10.9. The number of hydrogen-bond donors (Lipinski definition) is 2. The topological polar surface area (TPSA) is 32.3 Å². The second-order valence-electron chi connectivity index (χ2n) is 3.82. The van der Waals surface area contributed by atoms with E-state index < -0.39 is 11.9 Å². The third kappa shape index (κ3) is 2.30. The van der Waals surface area contributed by atoms with Crippen molar-refractivity contribution in [2.75, 3.05) is 6.54 Å². The van der Waals surface area contributed by atoms with Crippen molar-refractivity contribution in [3.63, 3.8) is 0 Å². The van der Waals surface area contributed by atoms with Gasteiger partial charge in [-0.1, -0.05) is 17.7 Å². The molecule has 1 saturated heterocycles. The largest absolute Gasteiger partial charge is 0.387 e. The third-order valence-electron chi connectivity index (χ3n) is 2.76. The summed E-state index contributed by atoms with van der Waals surface area (Å²) in [6, 6.07) is 4.47. The summed E-state index contributed by atoms with van der Waals surface area (Å²) in [6.45, 7) is 0.914. The Morgan fingerprint density at radius 2 is 2.33 bits per heavy atom. The van der Waals surface area contributed by atoms with E-state index in [4.69, 9.17) is 11.6 Å². The van der Waals surface area contributed by atoms with Crippen LogP contribution in [0.1, 0.15) is 24.5 Å². The molecule has 4 heteroatoms.